The summed E-state index contributed by atoms with van der Waals surface area (Å²) in [4.78, 5) is 0. The van der Waals surface area contributed by atoms with E-state index in [1.165, 1.54) is 17.9 Å². The highest BCUT2D eigenvalue weighted by molar-refractivity contribution is 9.09. The van der Waals surface area contributed by atoms with Crippen molar-refractivity contribution in [2.45, 2.75) is 27.2 Å². The first kappa shape index (κ1) is 11.8. The molecule has 0 saturated carbocycles. The molecule has 68 valence electrons. The molecule has 0 fully saturated rings. The van der Waals surface area contributed by atoms with Crippen molar-refractivity contribution in [3.8, 4) is 0 Å². The average molecular weight is 239 g/mol. The van der Waals surface area contributed by atoms with Crippen molar-refractivity contribution in [1.29, 1.82) is 0 Å². The van der Waals surface area contributed by atoms with Gasteiger partial charge in [-0.3, -0.25) is 0 Å². The Kier molecular flexibility index (Phi) is 8.04. The van der Waals surface area contributed by atoms with Gasteiger partial charge < -0.3 is 0 Å². The maximum atomic E-state index is 3.48. The lowest BCUT2D eigenvalue weighted by atomic mass is 10.2. The van der Waals surface area contributed by atoms with Gasteiger partial charge in [0.2, 0.25) is 0 Å². The van der Waals surface area contributed by atoms with Crippen LogP contribution in [0.25, 0.3) is 0 Å². The van der Waals surface area contributed by atoms with Crippen LogP contribution in [-0.2, 0) is 0 Å². The largest absolute Gasteiger partial charge is 0.162 e. The van der Waals surface area contributed by atoms with Crippen LogP contribution in [0.15, 0.2) is 0 Å². The van der Waals surface area contributed by atoms with E-state index in [0.717, 1.165) is 17.2 Å². The van der Waals surface area contributed by atoms with Crippen LogP contribution in [0.2, 0.25) is 0 Å². The van der Waals surface area contributed by atoms with Crippen LogP contribution in [-0.4, -0.2) is 16.8 Å². The van der Waals surface area contributed by atoms with Gasteiger partial charge in [-0.2, -0.15) is 11.8 Å². The van der Waals surface area contributed by atoms with Crippen LogP contribution in [0, 0.1) is 11.8 Å². The molecular weight excluding hydrogens is 220 g/mol. The summed E-state index contributed by atoms with van der Waals surface area (Å²) in [5, 5.41) is 1.14. The van der Waals surface area contributed by atoms with E-state index in [0.29, 0.717) is 0 Å². The Bertz CT molecular complexity index is 83.6. The third kappa shape index (κ3) is 8.74. The number of hydrogen-bond acceptors (Lipinski definition) is 1. The molecular formula is C9H19BrS. The second-order valence-electron chi connectivity index (χ2n) is 3.52. The predicted molar refractivity (Wildman–Crippen MR) is 59.7 cm³/mol. The summed E-state index contributed by atoms with van der Waals surface area (Å²) in [6.07, 6.45) is 1.36. The highest BCUT2D eigenvalue weighted by atomic mass is 79.9. The average Bonchev–Trinajstić information content (AvgIpc) is 1.97. The fraction of sp³-hybridized carbons (Fsp3) is 1.00. The van der Waals surface area contributed by atoms with Gasteiger partial charge in [-0.05, 0) is 29.8 Å². The summed E-state index contributed by atoms with van der Waals surface area (Å²) in [7, 11) is 0. The normalized spacial score (nSPS) is 13.9. The van der Waals surface area contributed by atoms with Crippen molar-refractivity contribution in [3.05, 3.63) is 0 Å². The van der Waals surface area contributed by atoms with Gasteiger partial charge in [-0.15, -0.1) is 0 Å². The second-order valence-corrected chi connectivity index (χ2v) is 5.31. The van der Waals surface area contributed by atoms with Crippen molar-refractivity contribution in [2.75, 3.05) is 16.8 Å². The molecule has 0 bridgehead atoms. The highest BCUT2D eigenvalue weighted by Gasteiger charge is 1.99. The molecule has 0 amide bonds. The SMILES string of the molecule is CC(C)CCSCC(C)CBr. The number of hydrogen-bond donors (Lipinski definition) is 0. The number of rotatable bonds is 6. The summed E-state index contributed by atoms with van der Waals surface area (Å²) in [5.74, 6) is 4.32. The minimum Gasteiger partial charge on any atom is -0.162 e. The molecule has 0 N–H and O–H groups in total. The summed E-state index contributed by atoms with van der Waals surface area (Å²) in [6.45, 7) is 6.86. The topological polar surface area (TPSA) is 0 Å². The lowest BCUT2D eigenvalue weighted by molar-refractivity contribution is 0.631. The van der Waals surface area contributed by atoms with E-state index in [1.54, 1.807) is 0 Å². The van der Waals surface area contributed by atoms with Crippen LogP contribution in [0.5, 0.6) is 0 Å². The standard InChI is InChI=1S/C9H19BrS/c1-8(2)4-5-11-7-9(3)6-10/h8-9H,4-7H2,1-3H3. The van der Waals surface area contributed by atoms with Gasteiger partial charge in [-0.25, -0.2) is 0 Å². The lowest BCUT2D eigenvalue weighted by Crippen LogP contribution is -2.00. The van der Waals surface area contributed by atoms with E-state index in [4.69, 9.17) is 0 Å². The summed E-state index contributed by atoms with van der Waals surface area (Å²) < 4.78 is 0. The van der Waals surface area contributed by atoms with Crippen molar-refractivity contribution < 1.29 is 0 Å². The monoisotopic (exact) mass is 238 g/mol. The van der Waals surface area contributed by atoms with E-state index >= 15 is 0 Å². The Morgan fingerprint density at radius 2 is 1.91 bits per heavy atom. The van der Waals surface area contributed by atoms with E-state index in [2.05, 4.69) is 48.5 Å². The van der Waals surface area contributed by atoms with Gasteiger partial charge in [0.1, 0.15) is 0 Å². The summed E-state index contributed by atoms with van der Waals surface area (Å²) in [5.41, 5.74) is 0. The van der Waals surface area contributed by atoms with Crippen molar-refractivity contribution in [3.63, 3.8) is 0 Å². The van der Waals surface area contributed by atoms with E-state index in [1.807, 2.05) is 0 Å². The molecule has 0 aromatic heterocycles. The quantitative estimate of drug-likeness (QED) is 0.502. The molecule has 0 aromatic rings. The molecule has 0 radical (unpaired) electrons. The maximum absolute atomic E-state index is 3.48. The molecule has 0 rings (SSSR count). The van der Waals surface area contributed by atoms with E-state index in [-0.39, 0.29) is 0 Å². The highest BCUT2D eigenvalue weighted by Crippen LogP contribution is 2.13. The molecule has 0 aliphatic carbocycles. The molecule has 0 spiro atoms. The predicted octanol–water partition coefficient (Wildman–Crippen LogP) is 3.80. The van der Waals surface area contributed by atoms with Gasteiger partial charge in [-0.1, -0.05) is 36.7 Å². The summed E-state index contributed by atoms with van der Waals surface area (Å²) in [6, 6.07) is 0. The maximum Gasteiger partial charge on any atom is 0.00649 e. The Morgan fingerprint density at radius 3 is 2.36 bits per heavy atom. The van der Waals surface area contributed by atoms with Gasteiger partial charge in [0, 0.05) is 5.33 Å². The first-order valence-corrected chi connectivity index (χ1v) is 6.58. The van der Waals surface area contributed by atoms with Gasteiger partial charge in [0.05, 0.1) is 0 Å². The first-order valence-electron chi connectivity index (χ1n) is 4.30. The Labute approximate surface area is 83.6 Å². The fourth-order valence-electron chi connectivity index (χ4n) is 0.648. The molecule has 0 nitrogen and oxygen atoms in total. The van der Waals surface area contributed by atoms with Crippen LogP contribution < -0.4 is 0 Å². The zero-order chi connectivity index (χ0) is 8.69. The Morgan fingerprint density at radius 1 is 1.27 bits per heavy atom. The lowest BCUT2D eigenvalue weighted by Gasteiger charge is -2.07. The number of thioether (sulfide) groups is 1. The molecule has 0 aliphatic rings. The molecule has 2 heteroatoms. The molecule has 0 saturated heterocycles. The third-order valence-corrected chi connectivity index (χ3v) is 3.94. The van der Waals surface area contributed by atoms with Crippen molar-refractivity contribution >= 4 is 27.7 Å². The molecule has 1 atom stereocenters. The minimum absolute atomic E-state index is 0.826. The molecule has 0 aliphatic heterocycles. The van der Waals surface area contributed by atoms with Gasteiger partial charge >= 0.3 is 0 Å². The third-order valence-electron chi connectivity index (χ3n) is 1.51. The second kappa shape index (κ2) is 7.48. The van der Waals surface area contributed by atoms with Gasteiger partial charge in [0.25, 0.3) is 0 Å². The van der Waals surface area contributed by atoms with Crippen LogP contribution >= 0.6 is 27.7 Å². The zero-order valence-corrected chi connectivity index (χ0v) is 10.2. The van der Waals surface area contributed by atoms with Crippen molar-refractivity contribution in [1.82, 2.24) is 0 Å². The van der Waals surface area contributed by atoms with E-state index < -0.39 is 0 Å². The molecule has 11 heavy (non-hydrogen) atoms. The molecule has 0 aromatic carbocycles. The zero-order valence-electron chi connectivity index (χ0n) is 7.77. The van der Waals surface area contributed by atoms with Crippen molar-refractivity contribution in [2.24, 2.45) is 11.8 Å². The smallest absolute Gasteiger partial charge is 0.00649 e. The number of halogens is 1. The fourth-order valence-corrected chi connectivity index (χ4v) is 2.51. The Hall–Kier alpha value is 0.830. The molecule has 0 heterocycles. The summed E-state index contributed by atoms with van der Waals surface area (Å²) >= 11 is 5.57. The van der Waals surface area contributed by atoms with Crippen LogP contribution in [0.3, 0.4) is 0 Å². The first-order chi connectivity index (χ1) is 5.16. The van der Waals surface area contributed by atoms with Gasteiger partial charge in [0.15, 0.2) is 0 Å². The van der Waals surface area contributed by atoms with Crippen LogP contribution in [0.1, 0.15) is 27.2 Å². The number of alkyl halides is 1. The molecule has 1 unspecified atom stereocenters. The van der Waals surface area contributed by atoms with Crippen LogP contribution in [0.4, 0.5) is 0 Å². The minimum atomic E-state index is 0.826. The van der Waals surface area contributed by atoms with E-state index in [9.17, 15) is 0 Å². The Balaban J connectivity index is 3.01.